The van der Waals surface area contributed by atoms with Gasteiger partial charge in [-0.2, -0.15) is 0 Å². The molecule has 5 nitrogen and oxygen atoms in total. The van der Waals surface area contributed by atoms with Gasteiger partial charge in [-0.15, -0.1) is 11.8 Å². The lowest BCUT2D eigenvalue weighted by atomic mass is 10.1. The maximum Gasteiger partial charge on any atom is 0.231 e. The number of rotatable bonds is 5. The highest BCUT2D eigenvalue weighted by Crippen LogP contribution is 2.40. The number of hydrogen-bond donors (Lipinski definition) is 0. The molecule has 2 aromatic rings. The summed E-state index contributed by atoms with van der Waals surface area (Å²) >= 11 is 1.83. The quantitative estimate of drug-likeness (QED) is 0.771. The monoisotopic (exact) mass is 387 g/mol. The summed E-state index contributed by atoms with van der Waals surface area (Å²) in [5, 5.41) is 0.477. The molecule has 3 rings (SSSR count). The molecule has 1 heterocycles. The second-order valence-electron chi connectivity index (χ2n) is 6.44. The summed E-state index contributed by atoms with van der Waals surface area (Å²) in [6.45, 7) is 2.92. The zero-order valence-electron chi connectivity index (χ0n) is 16.2. The molecule has 2 aromatic carbocycles. The van der Waals surface area contributed by atoms with Gasteiger partial charge in [0, 0.05) is 16.7 Å². The van der Waals surface area contributed by atoms with Crippen molar-refractivity contribution in [2.75, 3.05) is 32.8 Å². The molecular formula is C21H25NO4S. The molecule has 0 N–H and O–H groups in total. The molecule has 6 heteroatoms. The van der Waals surface area contributed by atoms with E-state index in [0.717, 1.165) is 22.6 Å². The van der Waals surface area contributed by atoms with Crippen LogP contribution < -0.4 is 19.1 Å². The minimum Gasteiger partial charge on any atom is -0.493 e. The Morgan fingerprint density at radius 3 is 2.41 bits per heavy atom. The van der Waals surface area contributed by atoms with Crippen molar-refractivity contribution in [1.29, 1.82) is 0 Å². The van der Waals surface area contributed by atoms with Gasteiger partial charge in [-0.25, -0.2) is 0 Å². The molecule has 0 unspecified atom stereocenters. The lowest BCUT2D eigenvalue weighted by Gasteiger charge is -2.23. The number of carbonyl (C=O) groups is 1. The van der Waals surface area contributed by atoms with Crippen LogP contribution in [0.4, 0.5) is 5.69 Å². The van der Waals surface area contributed by atoms with Crippen molar-refractivity contribution in [1.82, 2.24) is 0 Å². The Bertz CT molecular complexity index is 799. The van der Waals surface area contributed by atoms with Crippen LogP contribution in [0.25, 0.3) is 0 Å². The van der Waals surface area contributed by atoms with Crippen molar-refractivity contribution >= 4 is 23.4 Å². The molecule has 1 aliphatic rings. The van der Waals surface area contributed by atoms with E-state index in [9.17, 15) is 4.79 Å². The Labute approximate surface area is 164 Å². The fraction of sp³-hybridized carbons (Fsp3) is 0.381. The predicted molar refractivity (Wildman–Crippen MR) is 109 cm³/mol. The van der Waals surface area contributed by atoms with Crippen molar-refractivity contribution in [3.63, 3.8) is 0 Å². The summed E-state index contributed by atoms with van der Waals surface area (Å²) in [6, 6.07) is 11.8. The van der Waals surface area contributed by atoms with Crippen molar-refractivity contribution < 1.29 is 19.0 Å². The average molecular weight is 388 g/mol. The van der Waals surface area contributed by atoms with Crippen molar-refractivity contribution in [3.8, 4) is 17.2 Å². The number of fused-ring (bicyclic) bond motifs is 1. The Morgan fingerprint density at radius 2 is 1.78 bits per heavy atom. The maximum absolute atomic E-state index is 13.1. The van der Waals surface area contributed by atoms with Crippen LogP contribution in [-0.4, -0.2) is 39.0 Å². The molecule has 0 radical (unpaired) electrons. The third-order valence-electron chi connectivity index (χ3n) is 4.62. The van der Waals surface area contributed by atoms with Crippen LogP contribution in [0.1, 0.15) is 18.9 Å². The summed E-state index contributed by atoms with van der Waals surface area (Å²) in [5.74, 6) is 1.70. The number of hydrogen-bond acceptors (Lipinski definition) is 5. The minimum atomic E-state index is 0.0615. The molecule has 0 bridgehead atoms. The SMILES string of the molecule is COc1cc(CC(=O)N2CC[C@H](C)Sc3ccccc32)cc(OC)c1OC. The average Bonchev–Trinajstić information content (AvgIpc) is 2.85. The third kappa shape index (κ3) is 4.16. The molecule has 144 valence electrons. The van der Waals surface area contributed by atoms with E-state index >= 15 is 0 Å². The van der Waals surface area contributed by atoms with Crippen LogP contribution in [0.15, 0.2) is 41.3 Å². The molecule has 1 aliphatic heterocycles. The highest BCUT2D eigenvalue weighted by atomic mass is 32.2. The Balaban J connectivity index is 1.89. The van der Waals surface area contributed by atoms with E-state index in [-0.39, 0.29) is 12.3 Å². The van der Waals surface area contributed by atoms with Crippen molar-refractivity contribution in [2.45, 2.75) is 29.9 Å². The number of nitrogens with zero attached hydrogens (tertiary/aromatic N) is 1. The molecule has 0 fully saturated rings. The normalized spacial score (nSPS) is 16.3. The van der Waals surface area contributed by atoms with Gasteiger partial charge in [0.2, 0.25) is 11.7 Å². The van der Waals surface area contributed by atoms with E-state index in [1.54, 1.807) is 21.3 Å². The second kappa shape index (κ2) is 8.57. The predicted octanol–water partition coefficient (Wildman–Crippen LogP) is 4.17. The minimum absolute atomic E-state index is 0.0615. The van der Waals surface area contributed by atoms with Crippen LogP contribution >= 0.6 is 11.8 Å². The highest BCUT2D eigenvalue weighted by Gasteiger charge is 2.25. The lowest BCUT2D eigenvalue weighted by molar-refractivity contribution is -0.118. The third-order valence-corrected chi connectivity index (χ3v) is 5.86. The summed E-state index contributed by atoms with van der Waals surface area (Å²) in [6.07, 6.45) is 1.23. The van der Waals surface area contributed by atoms with Gasteiger partial charge >= 0.3 is 0 Å². The van der Waals surface area contributed by atoms with Gasteiger partial charge < -0.3 is 19.1 Å². The van der Waals surface area contributed by atoms with E-state index in [1.807, 2.05) is 47.0 Å². The molecule has 0 spiro atoms. The fourth-order valence-corrected chi connectivity index (χ4v) is 4.37. The zero-order valence-corrected chi connectivity index (χ0v) is 17.0. The van der Waals surface area contributed by atoms with Gasteiger partial charge in [0.1, 0.15) is 0 Å². The first kappa shape index (κ1) is 19.4. The first-order valence-electron chi connectivity index (χ1n) is 8.92. The lowest BCUT2D eigenvalue weighted by Crippen LogP contribution is -2.33. The molecule has 0 saturated carbocycles. The fourth-order valence-electron chi connectivity index (χ4n) is 3.25. The van der Waals surface area contributed by atoms with Crippen molar-refractivity contribution in [3.05, 3.63) is 42.0 Å². The van der Waals surface area contributed by atoms with E-state index in [2.05, 4.69) is 13.0 Å². The number of benzene rings is 2. The number of methoxy groups -OCH3 is 3. The first-order valence-corrected chi connectivity index (χ1v) is 9.80. The smallest absolute Gasteiger partial charge is 0.231 e. The number of thioether (sulfide) groups is 1. The molecular weight excluding hydrogens is 362 g/mol. The van der Waals surface area contributed by atoms with Gasteiger partial charge in [0.05, 0.1) is 33.4 Å². The van der Waals surface area contributed by atoms with Gasteiger partial charge in [-0.1, -0.05) is 19.1 Å². The first-order chi connectivity index (χ1) is 13.1. The standard InChI is InChI=1S/C21H25NO4S/c1-14-9-10-22(16-7-5-6-8-19(16)27-14)20(23)13-15-11-17(24-2)21(26-4)18(12-15)25-3/h5-8,11-12,14H,9-10,13H2,1-4H3/t14-/m0/s1. The number of amides is 1. The topological polar surface area (TPSA) is 48.0 Å². The van der Waals surface area contributed by atoms with Gasteiger partial charge in [-0.05, 0) is 36.2 Å². The van der Waals surface area contributed by atoms with E-state index < -0.39 is 0 Å². The number of carbonyl (C=O) groups excluding carboxylic acids is 1. The summed E-state index contributed by atoms with van der Waals surface area (Å²) in [7, 11) is 4.72. The van der Waals surface area contributed by atoms with Gasteiger partial charge in [-0.3, -0.25) is 4.79 Å². The van der Waals surface area contributed by atoms with Gasteiger partial charge in [0.15, 0.2) is 11.5 Å². The van der Waals surface area contributed by atoms with E-state index in [0.29, 0.717) is 29.0 Å². The Morgan fingerprint density at radius 1 is 1.11 bits per heavy atom. The molecule has 0 aliphatic carbocycles. The van der Waals surface area contributed by atoms with Gasteiger partial charge in [0.25, 0.3) is 0 Å². The maximum atomic E-state index is 13.1. The van der Waals surface area contributed by atoms with E-state index in [4.69, 9.17) is 14.2 Å². The zero-order chi connectivity index (χ0) is 19.4. The second-order valence-corrected chi connectivity index (χ2v) is 7.92. The van der Waals surface area contributed by atoms with Crippen LogP contribution in [0.2, 0.25) is 0 Å². The largest absolute Gasteiger partial charge is 0.493 e. The van der Waals surface area contributed by atoms with Crippen molar-refractivity contribution in [2.24, 2.45) is 0 Å². The summed E-state index contributed by atoms with van der Waals surface area (Å²) in [5.41, 5.74) is 1.82. The van der Waals surface area contributed by atoms with Crippen LogP contribution in [0.5, 0.6) is 17.2 Å². The molecule has 0 aromatic heterocycles. The number of para-hydroxylation sites is 1. The molecule has 1 amide bonds. The number of ether oxygens (including phenoxy) is 3. The van der Waals surface area contributed by atoms with Crippen LogP contribution in [0, 0.1) is 0 Å². The highest BCUT2D eigenvalue weighted by molar-refractivity contribution is 8.00. The van der Waals surface area contributed by atoms with Crippen LogP contribution in [0.3, 0.4) is 0 Å². The van der Waals surface area contributed by atoms with E-state index in [1.165, 1.54) is 0 Å². The molecule has 27 heavy (non-hydrogen) atoms. The Kier molecular flexibility index (Phi) is 6.16. The van der Waals surface area contributed by atoms with Crippen LogP contribution in [-0.2, 0) is 11.2 Å². The molecule has 1 atom stereocenters. The Hall–Kier alpha value is -2.34. The number of anilines is 1. The molecule has 0 saturated heterocycles. The summed E-state index contributed by atoms with van der Waals surface area (Å²) < 4.78 is 16.2. The summed E-state index contributed by atoms with van der Waals surface area (Å²) in [4.78, 5) is 16.2.